The molecule has 0 aromatic heterocycles. The first-order valence-corrected chi connectivity index (χ1v) is 8.20. The van der Waals surface area contributed by atoms with Crippen LogP contribution in [0.2, 0.25) is 0 Å². The molecule has 0 amide bonds. The largest absolute Gasteiger partial charge is 0.379 e. The van der Waals surface area contributed by atoms with Gasteiger partial charge in [-0.25, -0.2) is 0 Å². The lowest BCUT2D eigenvalue weighted by atomic mass is 9.85. The summed E-state index contributed by atoms with van der Waals surface area (Å²) >= 11 is 0. The first-order chi connectivity index (χ1) is 10.8. The molecule has 6 heteroatoms. The van der Waals surface area contributed by atoms with Gasteiger partial charge in [0.1, 0.15) is 0 Å². The molecule has 3 N–H and O–H groups in total. The number of nitrogens with zero attached hydrogens (tertiary/aromatic N) is 1. The van der Waals surface area contributed by atoms with Crippen LogP contribution in [0.4, 0.5) is 11.4 Å². The van der Waals surface area contributed by atoms with Crippen molar-refractivity contribution in [2.75, 3.05) is 18.5 Å². The SMILES string of the molecule is CCC(N)(CC)C(COCC(C)C)Nc1ccc([N+](=O)[O-])cc1. The lowest BCUT2D eigenvalue weighted by Crippen LogP contribution is -2.55. The number of nitrogens with two attached hydrogens (primary N) is 1. The van der Waals surface area contributed by atoms with Crippen molar-refractivity contribution in [2.24, 2.45) is 11.7 Å². The summed E-state index contributed by atoms with van der Waals surface area (Å²) in [4.78, 5) is 10.3. The van der Waals surface area contributed by atoms with Crippen molar-refractivity contribution in [2.45, 2.75) is 52.1 Å². The maximum Gasteiger partial charge on any atom is 0.269 e. The van der Waals surface area contributed by atoms with Gasteiger partial charge in [0.15, 0.2) is 0 Å². The molecule has 6 nitrogen and oxygen atoms in total. The van der Waals surface area contributed by atoms with Gasteiger partial charge in [-0.05, 0) is 30.9 Å². The molecule has 0 bridgehead atoms. The molecule has 0 saturated carbocycles. The minimum absolute atomic E-state index is 0.0577. The van der Waals surface area contributed by atoms with Crippen LogP contribution >= 0.6 is 0 Å². The lowest BCUT2D eigenvalue weighted by molar-refractivity contribution is -0.384. The summed E-state index contributed by atoms with van der Waals surface area (Å²) in [5, 5.41) is 14.1. The molecular formula is C17H29N3O3. The van der Waals surface area contributed by atoms with Crippen LogP contribution in [0.3, 0.4) is 0 Å². The fourth-order valence-corrected chi connectivity index (χ4v) is 2.40. The van der Waals surface area contributed by atoms with Crippen LogP contribution < -0.4 is 11.1 Å². The third kappa shape index (κ3) is 5.80. The number of non-ortho nitro benzene ring substituents is 1. The number of ether oxygens (including phenoxy) is 1. The van der Waals surface area contributed by atoms with Crippen molar-refractivity contribution < 1.29 is 9.66 Å². The number of hydrogen-bond donors (Lipinski definition) is 2. The Kier molecular flexibility index (Phi) is 7.45. The van der Waals surface area contributed by atoms with Gasteiger partial charge in [-0.3, -0.25) is 10.1 Å². The molecule has 0 aliphatic rings. The van der Waals surface area contributed by atoms with Gasteiger partial charge in [-0.2, -0.15) is 0 Å². The maximum atomic E-state index is 10.7. The van der Waals surface area contributed by atoms with E-state index < -0.39 is 10.5 Å². The van der Waals surface area contributed by atoms with Gasteiger partial charge in [-0.15, -0.1) is 0 Å². The Hall–Kier alpha value is -1.66. The molecule has 1 aromatic carbocycles. The first kappa shape index (κ1) is 19.4. The molecule has 1 atom stereocenters. The lowest BCUT2D eigenvalue weighted by Gasteiger charge is -2.37. The highest BCUT2D eigenvalue weighted by atomic mass is 16.6. The fraction of sp³-hybridized carbons (Fsp3) is 0.647. The number of nitrogens with one attached hydrogen (secondary N) is 1. The van der Waals surface area contributed by atoms with E-state index in [4.69, 9.17) is 10.5 Å². The highest BCUT2D eigenvalue weighted by Crippen LogP contribution is 2.23. The van der Waals surface area contributed by atoms with Crippen molar-refractivity contribution >= 4 is 11.4 Å². The van der Waals surface area contributed by atoms with E-state index in [9.17, 15) is 10.1 Å². The van der Waals surface area contributed by atoms with Gasteiger partial charge in [0.2, 0.25) is 0 Å². The number of nitro benzene ring substituents is 1. The fourth-order valence-electron chi connectivity index (χ4n) is 2.40. The van der Waals surface area contributed by atoms with Gasteiger partial charge >= 0.3 is 0 Å². The summed E-state index contributed by atoms with van der Waals surface area (Å²) in [5.74, 6) is 0.463. The summed E-state index contributed by atoms with van der Waals surface area (Å²) in [6.45, 7) is 9.53. The van der Waals surface area contributed by atoms with Crippen LogP contribution in [-0.4, -0.2) is 29.7 Å². The third-order valence-corrected chi connectivity index (χ3v) is 4.17. The van der Waals surface area contributed by atoms with Crippen molar-refractivity contribution in [1.82, 2.24) is 0 Å². The molecule has 1 rings (SSSR count). The molecular weight excluding hydrogens is 294 g/mol. The number of rotatable bonds is 10. The van der Waals surface area contributed by atoms with Gasteiger partial charge in [0.25, 0.3) is 5.69 Å². The van der Waals surface area contributed by atoms with Crippen LogP contribution in [0.5, 0.6) is 0 Å². The summed E-state index contributed by atoms with van der Waals surface area (Å²) in [6, 6.07) is 6.34. The highest BCUT2D eigenvalue weighted by Gasteiger charge is 2.32. The molecule has 0 fully saturated rings. The zero-order chi connectivity index (χ0) is 17.5. The van der Waals surface area contributed by atoms with E-state index in [2.05, 4.69) is 33.0 Å². The smallest absolute Gasteiger partial charge is 0.269 e. The predicted octanol–water partition coefficient (Wildman–Crippen LogP) is 3.57. The van der Waals surface area contributed by atoms with E-state index in [1.807, 2.05) is 0 Å². The Labute approximate surface area is 138 Å². The molecule has 0 aliphatic heterocycles. The molecule has 1 aromatic rings. The van der Waals surface area contributed by atoms with E-state index in [1.165, 1.54) is 12.1 Å². The highest BCUT2D eigenvalue weighted by molar-refractivity contribution is 5.49. The van der Waals surface area contributed by atoms with Crippen LogP contribution in [0.15, 0.2) is 24.3 Å². The van der Waals surface area contributed by atoms with Crippen molar-refractivity contribution in [3.05, 3.63) is 34.4 Å². The average molecular weight is 323 g/mol. The van der Waals surface area contributed by atoms with E-state index in [-0.39, 0.29) is 11.7 Å². The molecule has 0 saturated heterocycles. The van der Waals surface area contributed by atoms with Crippen molar-refractivity contribution in [3.8, 4) is 0 Å². The van der Waals surface area contributed by atoms with E-state index in [0.717, 1.165) is 18.5 Å². The van der Waals surface area contributed by atoms with Crippen LogP contribution in [0.1, 0.15) is 40.5 Å². The molecule has 130 valence electrons. The van der Waals surface area contributed by atoms with Crippen LogP contribution in [0, 0.1) is 16.0 Å². The normalized spacial score (nSPS) is 13.1. The number of benzene rings is 1. The van der Waals surface area contributed by atoms with E-state index in [1.54, 1.807) is 12.1 Å². The number of anilines is 1. The maximum absolute atomic E-state index is 10.7. The topological polar surface area (TPSA) is 90.4 Å². The molecule has 23 heavy (non-hydrogen) atoms. The second-order valence-electron chi connectivity index (χ2n) is 6.37. The van der Waals surface area contributed by atoms with Crippen molar-refractivity contribution in [3.63, 3.8) is 0 Å². The molecule has 0 radical (unpaired) electrons. The molecule has 0 heterocycles. The first-order valence-electron chi connectivity index (χ1n) is 8.20. The van der Waals surface area contributed by atoms with E-state index in [0.29, 0.717) is 19.1 Å². The Morgan fingerprint density at radius 3 is 2.22 bits per heavy atom. The number of nitro groups is 1. The van der Waals surface area contributed by atoms with E-state index >= 15 is 0 Å². The summed E-state index contributed by atoms with van der Waals surface area (Å²) in [6.07, 6.45) is 1.64. The van der Waals surface area contributed by atoms with Crippen molar-refractivity contribution in [1.29, 1.82) is 0 Å². The summed E-state index contributed by atoms with van der Waals surface area (Å²) < 4.78 is 5.79. The second kappa shape index (κ2) is 8.84. The average Bonchev–Trinajstić information content (AvgIpc) is 2.53. The number of hydrogen-bond acceptors (Lipinski definition) is 5. The minimum Gasteiger partial charge on any atom is -0.379 e. The monoisotopic (exact) mass is 323 g/mol. The van der Waals surface area contributed by atoms with Crippen LogP contribution in [0.25, 0.3) is 0 Å². The quantitative estimate of drug-likeness (QED) is 0.507. The van der Waals surface area contributed by atoms with Gasteiger partial charge in [0, 0.05) is 30.0 Å². The molecule has 0 spiro atoms. The minimum atomic E-state index is -0.404. The zero-order valence-electron chi connectivity index (χ0n) is 14.5. The Bertz CT molecular complexity index is 484. The Balaban J connectivity index is 2.84. The van der Waals surface area contributed by atoms with Gasteiger partial charge in [-0.1, -0.05) is 27.7 Å². The summed E-state index contributed by atoms with van der Waals surface area (Å²) in [7, 11) is 0. The summed E-state index contributed by atoms with van der Waals surface area (Å²) in [5.41, 5.74) is 7.03. The standard InChI is InChI=1S/C17H29N3O3/c1-5-17(18,6-2)16(12-23-11-13(3)4)19-14-7-9-15(10-8-14)20(21)22/h7-10,13,16,19H,5-6,11-12,18H2,1-4H3. The van der Waals surface area contributed by atoms with Gasteiger partial charge in [0.05, 0.1) is 17.6 Å². The molecule has 0 aliphatic carbocycles. The van der Waals surface area contributed by atoms with Crippen LogP contribution in [-0.2, 0) is 4.74 Å². The predicted molar refractivity (Wildman–Crippen MR) is 93.7 cm³/mol. The third-order valence-electron chi connectivity index (χ3n) is 4.17. The van der Waals surface area contributed by atoms with Gasteiger partial charge < -0.3 is 15.8 Å². The zero-order valence-corrected chi connectivity index (χ0v) is 14.5. The Morgan fingerprint density at radius 2 is 1.78 bits per heavy atom. The Morgan fingerprint density at radius 1 is 1.22 bits per heavy atom. The second-order valence-corrected chi connectivity index (χ2v) is 6.37. The molecule has 1 unspecified atom stereocenters.